The predicted molar refractivity (Wildman–Crippen MR) is 74.0 cm³/mol. The van der Waals surface area contributed by atoms with Crippen LogP contribution in [-0.4, -0.2) is 0 Å². The van der Waals surface area contributed by atoms with E-state index in [0.29, 0.717) is 0 Å². The van der Waals surface area contributed by atoms with Gasteiger partial charge in [-0.2, -0.15) is 12.1 Å². The zero-order valence-corrected chi connectivity index (χ0v) is 15.7. The Labute approximate surface area is 141 Å². The second kappa shape index (κ2) is 7.74. The van der Waals surface area contributed by atoms with Crippen molar-refractivity contribution in [2.24, 2.45) is 0 Å². The third-order valence-electron chi connectivity index (χ3n) is 2.75. The van der Waals surface area contributed by atoms with Gasteiger partial charge in [0.2, 0.25) is 0 Å². The SMILES string of the molecule is [Br-].[Zn+2].[c-]1ccc(-c2ccc(-c3ccccc3)cc2)s1. The maximum Gasteiger partial charge on any atom is 2.00 e. The summed E-state index contributed by atoms with van der Waals surface area (Å²) in [5.74, 6) is 0. The molecule has 0 amide bonds. The molecule has 0 radical (unpaired) electrons. The Morgan fingerprint density at radius 1 is 0.684 bits per heavy atom. The largest absolute Gasteiger partial charge is 2.00 e. The van der Waals surface area contributed by atoms with Gasteiger partial charge < -0.3 is 17.0 Å². The molecule has 90 valence electrons. The van der Waals surface area contributed by atoms with Gasteiger partial charge in [0.05, 0.1) is 0 Å². The molecule has 0 nitrogen and oxygen atoms in total. The van der Waals surface area contributed by atoms with Gasteiger partial charge in [-0.1, -0.05) is 60.2 Å². The van der Waals surface area contributed by atoms with E-state index in [1.54, 1.807) is 11.3 Å². The third kappa shape index (κ3) is 3.85. The molecule has 0 N–H and O–H groups in total. The minimum absolute atomic E-state index is 0. The summed E-state index contributed by atoms with van der Waals surface area (Å²) in [4.78, 5) is 1.27. The summed E-state index contributed by atoms with van der Waals surface area (Å²) in [6, 6.07) is 23.2. The molecule has 3 aromatic rings. The quantitative estimate of drug-likeness (QED) is 0.470. The zero-order chi connectivity index (χ0) is 11.5. The molecule has 3 heteroatoms. The van der Waals surface area contributed by atoms with Crippen molar-refractivity contribution >= 4 is 11.3 Å². The molecule has 0 saturated heterocycles. The minimum atomic E-state index is 0. The average Bonchev–Trinajstić information content (AvgIpc) is 2.94. The Hall–Kier alpha value is -0.757. The van der Waals surface area contributed by atoms with Crippen LogP contribution in [0.4, 0.5) is 0 Å². The van der Waals surface area contributed by atoms with E-state index in [9.17, 15) is 0 Å². The van der Waals surface area contributed by atoms with Gasteiger partial charge >= 0.3 is 19.5 Å². The fraction of sp³-hybridized carbons (Fsp3) is 0. The van der Waals surface area contributed by atoms with Crippen LogP contribution in [0.2, 0.25) is 0 Å². The van der Waals surface area contributed by atoms with Gasteiger partial charge in [-0.25, -0.2) is 0 Å². The minimum Gasteiger partial charge on any atom is -1.00 e. The van der Waals surface area contributed by atoms with Crippen molar-refractivity contribution in [1.82, 2.24) is 0 Å². The van der Waals surface area contributed by atoms with E-state index >= 15 is 0 Å². The van der Waals surface area contributed by atoms with Crippen molar-refractivity contribution in [3.63, 3.8) is 0 Å². The van der Waals surface area contributed by atoms with Crippen LogP contribution in [0.15, 0.2) is 66.7 Å². The van der Waals surface area contributed by atoms with E-state index in [4.69, 9.17) is 0 Å². The van der Waals surface area contributed by atoms with Crippen molar-refractivity contribution in [2.45, 2.75) is 0 Å². The number of rotatable bonds is 2. The van der Waals surface area contributed by atoms with Crippen LogP contribution in [0, 0.1) is 5.38 Å². The van der Waals surface area contributed by atoms with Crippen LogP contribution in [0.1, 0.15) is 0 Å². The molecule has 0 unspecified atom stereocenters. The first-order valence-corrected chi connectivity index (χ1v) is 6.37. The van der Waals surface area contributed by atoms with Gasteiger partial charge in [-0.05, 0) is 11.1 Å². The van der Waals surface area contributed by atoms with E-state index < -0.39 is 0 Å². The van der Waals surface area contributed by atoms with Gasteiger partial charge in [0.25, 0.3) is 0 Å². The predicted octanol–water partition coefficient (Wildman–Crippen LogP) is 1.88. The molecule has 1 aromatic heterocycles. The molecule has 0 aliphatic rings. The van der Waals surface area contributed by atoms with Crippen LogP contribution in [0.5, 0.6) is 0 Å². The van der Waals surface area contributed by atoms with Crippen LogP contribution < -0.4 is 17.0 Å². The standard InChI is InChI=1S/C16H11S.BrH.Zn/c1-2-5-13(6-3-1)14-8-10-15(11-9-14)16-7-4-12-17-16;;/h1-11H;1H;/q-1;;+2/p-1. The normalized spacial score (nSPS) is 9.26. The Kier molecular flexibility index (Phi) is 6.64. The maximum absolute atomic E-state index is 3.12. The third-order valence-corrected chi connectivity index (χ3v) is 3.59. The van der Waals surface area contributed by atoms with Crippen LogP contribution in [-0.2, 0) is 19.5 Å². The fourth-order valence-electron chi connectivity index (χ4n) is 1.85. The molecule has 0 aliphatic heterocycles. The van der Waals surface area contributed by atoms with Crippen LogP contribution in [0.3, 0.4) is 0 Å². The van der Waals surface area contributed by atoms with E-state index in [1.165, 1.54) is 21.6 Å². The monoisotopic (exact) mass is 378 g/mol. The summed E-state index contributed by atoms with van der Waals surface area (Å²) in [6.45, 7) is 0. The Morgan fingerprint density at radius 3 is 1.84 bits per heavy atom. The second-order valence-corrected chi connectivity index (χ2v) is 4.74. The van der Waals surface area contributed by atoms with E-state index in [-0.39, 0.29) is 36.5 Å². The summed E-state index contributed by atoms with van der Waals surface area (Å²) in [5.41, 5.74) is 3.78. The summed E-state index contributed by atoms with van der Waals surface area (Å²) >= 11 is 1.65. The molecule has 1 heterocycles. The van der Waals surface area contributed by atoms with Crippen LogP contribution in [0.25, 0.3) is 21.6 Å². The Balaban J connectivity index is 0.000000902. The van der Waals surface area contributed by atoms with Gasteiger partial charge in [0, 0.05) is 0 Å². The van der Waals surface area contributed by atoms with Crippen molar-refractivity contribution in [3.8, 4) is 21.6 Å². The smallest absolute Gasteiger partial charge is 1.00 e. The van der Waals surface area contributed by atoms with Gasteiger partial charge in [-0.3, -0.25) is 11.3 Å². The Bertz CT molecular complexity index is 588. The van der Waals surface area contributed by atoms with Gasteiger partial charge in [-0.15, -0.1) is 10.3 Å². The number of hydrogen-bond acceptors (Lipinski definition) is 1. The summed E-state index contributed by atoms with van der Waals surface area (Å²) in [6.07, 6.45) is 0. The molecule has 0 saturated carbocycles. The van der Waals surface area contributed by atoms with Gasteiger partial charge in [0.1, 0.15) is 0 Å². The number of benzene rings is 2. The topological polar surface area (TPSA) is 0 Å². The summed E-state index contributed by atoms with van der Waals surface area (Å²) in [7, 11) is 0. The number of thiophene rings is 1. The zero-order valence-electron chi connectivity index (χ0n) is 10.3. The summed E-state index contributed by atoms with van der Waals surface area (Å²) in [5, 5.41) is 3.12. The number of halogens is 1. The molecular formula is C16H11BrSZn. The first-order chi connectivity index (χ1) is 8.43. The molecule has 0 spiro atoms. The van der Waals surface area contributed by atoms with Gasteiger partial charge in [0.15, 0.2) is 0 Å². The van der Waals surface area contributed by atoms with Crippen molar-refractivity contribution in [3.05, 3.63) is 72.1 Å². The molecule has 0 bridgehead atoms. The van der Waals surface area contributed by atoms with E-state index in [2.05, 4.69) is 60.0 Å². The van der Waals surface area contributed by atoms with E-state index in [0.717, 1.165) is 0 Å². The molecule has 0 atom stereocenters. The fourth-order valence-corrected chi connectivity index (χ4v) is 2.51. The molecule has 2 aromatic carbocycles. The molecule has 3 rings (SSSR count). The van der Waals surface area contributed by atoms with Crippen molar-refractivity contribution < 1.29 is 36.5 Å². The average molecular weight is 381 g/mol. The second-order valence-electron chi connectivity index (χ2n) is 3.86. The Morgan fingerprint density at radius 2 is 1.26 bits per heavy atom. The van der Waals surface area contributed by atoms with Crippen LogP contribution >= 0.6 is 11.3 Å². The molecule has 0 fully saturated rings. The summed E-state index contributed by atoms with van der Waals surface area (Å²) < 4.78 is 0. The van der Waals surface area contributed by atoms with E-state index in [1.807, 2.05) is 12.1 Å². The molecule has 0 aliphatic carbocycles. The first kappa shape index (κ1) is 16.3. The van der Waals surface area contributed by atoms with Crippen molar-refractivity contribution in [2.75, 3.05) is 0 Å². The molecular weight excluding hydrogens is 370 g/mol. The maximum atomic E-state index is 3.12. The number of hydrogen-bond donors (Lipinski definition) is 0. The first-order valence-electron chi connectivity index (χ1n) is 5.55. The van der Waals surface area contributed by atoms with Crippen molar-refractivity contribution in [1.29, 1.82) is 0 Å². The molecule has 19 heavy (non-hydrogen) atoms.